The maximum absolute atomic E-state index is 3.79. The molecule has 1 aromatic carbocycles. The van der Waals surface area contributed by atoms with Crippen LogP contribution >= 0.6 is 0 Å². The average Bonchev–Trinajstić information content (AvgIpc) is 3.22. The molecule has 2 fully saturated rings. The molecular formula is C17H26N2. The van der Waals surface area contributed by atoms with Crippen LogP contribution in [0, 0.1) is 5.92 Å². The van der Waals surface area contributed by atoms with Crippen LogP contribution in [0.1, 0.15) is 45.2 Å². The summed E-state index contributed by atoms with van der Waals surface area (Å²) in [5.74, 6) is 0.932. The first-order valence-electron chi connectivity index (χ1n) is 7.61. The molecule has 2 nitrogen and oxygen atoms in total. The maximum atomic E-state index is 3.79. The third-order valence-electron chi connectivity index (χ3n) is 4.58. The molecule has 1 aromatic rings. The molecule has 1 heterocycles. The van der Waals surface area contributed by atoms with Crippen LogP contribution in [-0.2, 0) is 0 Å². The first kappa shape index (κ1) is 13.1. The van der Waals surface area contributed by atoms with Crippen LogP contribution in [0.4, 0.5) is 0 Å². The molecule has 0 amide bonds. The van der Waals surface area contributed by atoms with Crippen LogP contribution in [0.3, 0.4) is 0 Å². The summed E-state index contributed by atoms with van der Waals surface area (Å²) in [4.78, 5) is 2.70. The molecule has 1 saturated carbocycles. The predicted molar refractivity (Wildman–Crippen MR) is 80.2 cm³/mol. The number of nitrogens with one attached hydrogen (secondary N) is 1. The Balaban J connectivity index is 1.82. The summed E-state index contributed by atoms with van der Waals surface area (Å²) in [6.45, 7) is 9.31. The Bertz CT molecular complexity index is 417. The summed E-state index contributed by atoms with van der Waals surface area (Å²) >= 11 is 0. The Hall–Kier alpha value is -0.860. The summed E-state index contributed by atoms with van der Waals surface area (Å²) in [6.07, 6.45) is 2.84. The number of hydrogen-bond donors (Lipinski definition) is 1. The molecule has 1 N–H and O–H groups in total. The van der Waals surface area contributed by atoms with Gasteiger partial charge in [0, 0.05) is 30.7 Å². The van der Waals surface area contributed by atoms with Gasteiger partial charge in [-0.2, -0.15) is 0 Å². The largest absolute Gasteiger partial charge is 0.311 e. The van der Waals surface area contributed by atoms with Crippen molar-refractivity contribution in [2.75, 3.05) is 13.1 Å². The minimum absolute atomic E-state index is 0.232. The normalized spacial score (nSPS) is 29.4. The molecule has 1 saturated heterocycles. The van der Waals surface area contributed by atoms with Crippen molar-refractivity contribution in [3.63, 3.8) is 0 Å². The molecule has 2 unspecified atom stereocenters. The zero-order valence-corrected chi connectivity index (χ0v) is 12.4. The van der Waals surface area contributed by atoms with Gasteiger partial charge in [-0.3, -0.25) is 4.90 Å². The molecule has 0 radical (unpaired) electrons. The van der Waals surface area contributed by atoms with E-state index < -0.39 is 0 Å². The van der Waals surface area contributed by atoms with E-state index in [1.807, 2.05) is 0 Å². The van der Waals surface area contributed by atoms with E-state index in [-0.39, 0.29) is 5.54 Å². The van der Waals surface area contributed by atoms with Gasteiger partial charge in [0.1, 0.15) is 0 Å². The van der Waals surface area contributed by atoms with Crippen molar-refractivity contribution in [2.45, 2.75) is 51.2 Å². The number of benzene rings is 1. The molecule has 1 aliphatic heterocycles. The molecule has 19 heavy (non-hydrogen) atoms. The number of piperazine rings is 1. The van der Waals surface area contributed by atoms with Gasteiger partial charge in [0.25, 0.3) is 0 Å². The highest BCUT2D eigenvalue weighted by molar-refractivity contribution is 5.21. The molecule has 0 spiro atoms. The van der Waals surface area contributed by atoms with Crippen molar-refractivity contribution in [3.8, 4) is 0 Å². The zero-order valence-electron chi connectivity index (χ0n) is 12.4. The quantitative estimate of drug-likeness (QED) is 0.876. The second kappa shape index (κ2) is 4.92. The lowest BCUT2D eigenvalue weighted by Gasteiger charge is -2.48. The van der Waals surface area contributed by atoms with E-state index in [1.165, 1.54) is 24.9 Å². The van der Waals surface area contributed by atoms with Gasteiger partial charge in [0.2, 0.25) is 0 Å². The number of nitrogens with zero attached hydrogens (tertiary/aromatic N) is 1. The van der Waals surface area contributed by atoms with Gasteiger partial charge >= 0.3 is 0 Å². The van der Waals surface area contributed by atoms with Crippen LogP contribution in [0.15, 0.2) is 30.3 Å². The fourth-order valence-corrected chi connectivity index (χ4v) is 3.31. The second-order valence-electron chi connectivity index (χ2n) is 7.10. The minimum atomic E-state index is 0.232. The van der Waals surface area contributed by atoms with Crippen LogP contribution in [0.5, 0.6) is 0 Å². The molecule has 104 valence electrons. The Morgan fingerprint density at radius 2 is 1.79 bits per heavy atom. The molecule has 1 aliphatic carbocycles. The number of rotatable bonds is 2. The van der Waals surface area contributed by atoms with E-state index in [4.69, 9.17) is 0 Å². The number of hydrogen-bond acceptors (Lipinski definition) is 2. The minimum Gasteiger partial charge on any atom is -0.311 e. The Kier molecular flexibility index (Phi) is 3.40. The summed E-state index contributed by atoms with van der Waals surface area (Å²) in [5, 5.41) is 3.79. The smallest absolute Gasteiger partial charge is 0.0478 e. The molecular weight excluding hydrogens is 232 g/mol. The lowest BCUT2D eigenvalue weighted by atomic mass is 9.93. The standard InChI is InChI=1S/C17H26N2/c1-17(2,3)19-12-15(13-9-10-13)18-11-16(19)14-7-5-4-6-8-14/h4-8,13,15-16,18H,9-12H2,1-3H3. The van der Waals surface area contributed by atoms with Gasteiger partial charge in [0.15, 0.2) is 0 Å². The molecule has 2 heteroatoms. The van der Waals surface area contributed by atoms with Crippen molar-refractivity contribution in [2.24, 2.45) is 5.92 Å². The van der Waals surface area contributed by atoms with Crippen molar-refractivity contribution < 1.29 is 0 Å². The summed E-state index contributed by atoms with van der Waals surface area (Å²) in [5.41, 5.74) is 1.68. The van der Waals surface area contributed by atoms with Gasteiger partial charge in [-0.05, 0) is 45.1 Å². The van der Waals surface area contributed by atoms with Crippen molar-refractivity contribution in [1.29, 1.82) is 0 Å². The Labute approximate surface area is 117 Å². The van der Waals surface area contributed by atoms with Crippen LogP contribution < -0.4 is 5.32 Å². The highest BCUT2D eigenvalue weighted by Crippen LogP contribution is 2.38. The zero-order chi connectivity index (χ0) is 13.5. The summed E-state index contributed by atoms with van der Waals surface area (Å²) in [7, 11) is 0. The Morgan fingerprint density at radius 3 is 2.37 bits per heavy atom. The fraction of sp³-hybridized carbons (Fsp3) is 0.647. The summed E-state index contributed by atoms with van der Waals surface area (Å²) in [6, 6.07) is 12.2. The molecule has 2 aliphatic rings. The van der Waals surface area contributed by atoms with E-state index >= 15 is 0 Å². The van der Waals surface area contributed by atoms with Crippen LogP contribution in [-0.4, -0.2) is 29.6 Å². The lowest BCUT2D eigenvalue weighted by Crippen LogP contribution is -2.58. The first-order valence-corrected chi connectivity index (χ1v) is 7.61. The fourth-order valence-electron chi connectivity index (χ4n) is 3.31. The SMILES string of the molecule is CC(C)(C)N1CC(C2CC2)NCC1c1ccccc1. The van der Waals surface area contributed by atoms with Gasteiger partial charge < -0.3 is 5.32 Å². The third-order valence-corrected chi connectivity index (χ3v) is 4.58. The monoisotopic (exact) mass is 258 g/mol. The Morgan fingerprint density at radius 1 is 1.11 bits per heavy atom. The highest BCUT2D eigenvalue weighted by atomic mass is 15.3. The second-order valence-corrected chi connectivity index (χ2v) is 7.10. The van der Waals surface area contributed by atoms with E-state index in [0.29, 0.717) is 12.1 Å². The lowest BCUT2D eigenvalue weighted by molar-refractivity contribution is 0.0361. The van der Waals surface area contributed by atoms with Gasteiger partial charge in [-0.1, -0.05) is 30.3 Å². The maximum Gasteiger partial charge on any atom is 0.0478 e. The molecule has 3 rings (SSSR count). The first-order chi connectivity index (χ1) is 9.05. The van der Waals surface area contributed by atoms with Crippen molar-refractivity contribution >= 4 is 0 Å². The summed E-state index contributed by atoms with van der Waals surface area (Å²) < 4.78 is 0. The van der Waals surface area contributed by atoms with Gasteiger partial charge in [-0.25, -0.2) is 0 Å². The molecule has 2 atom stereocenters. The highest BCUT2D eigenvalue weighted by Gasteiger charge is 2.40. The van der Waals surface area contributed by atoms with E-state index in [9.17, 15) is 0 Å². The predicted octanol–water partition coefficient (Wildman–Crippen LogP) is 3.21. The van der Waals surface area contributed by atoms with Crippen LogP contribution in [0.25, 0.3) is 0 Å². The molecule has 0 aromatic heterocycles. The third kappa shape index (κ3) is 2.85. The van der Waals surface area contributed by atoms with Crippen molar-refractivity contribution in [1.82, 2.24) is 10.2 Å². The van der Waals surface area contributed by atoms with E-state index in [1.54, 1.807) is 0 Å². The van der Waals surface area contributed by atoms with Gasteiger partial charge in [-0.15, -0.1) is 0 Å². The van der Waals surface area contributed by atoms with Crippen molar-refractivity contribution in [3.05, 3.63) is 35.9 Å². The molecule has 0 bridgehead atoms. The topological polar surface area (TPSA) is 15.3 Å². The van der Waals surface area contributed by atoms with E-state index in [2.05, 4.69) is 61.3 Å². The van der Waals surface area contributed by atoms with Gasteiger partial charge in [0.05, 0.1) is 0 Å². The average molecular weight is 258 g/mol. The van der Waals surface area contributed by atoms with E-state index in [0.717, 1.165) is 12.5 Å². The van der Waals surface area contributed by atoms with Crippen LogP contribution in [0.2, 0.25) is 0 Å².